The first-order valence-electron chi connectivity index (χ1n) is 6.69. The van der Waals surface area contributed by atoms with Crippen LogP contribution in [-0.4, -0.2) is 13.1 Å². The molecule has 0 unspecified atom stereocenters. The number of hydrogen-bond acceptors (Lipinski definition) is 2. The number of aryl methyl sites for hydroxylation is 1. The number of piperidine rings is 1. The van der Waals surface area contributed by atoms with Crippen LogP contribution in [0.3, 0.4) is 0 Å². The average Bonchev–Trinajstić information content (AvgIpc) is 2.29. The van der Waals surface area contributed by atoms with E-state index in [1.807, 2.05) is 0 Å². The van der Waals surface area contributed by atoms with E-state index in [1.54, 1.807) is 0 Å². The van der Waals surface area contributed by atoms with Gasteiger partial charge in [0.15, 0.2) is 0 Å². The molecule has 1 fully saturated rings. The van der Waals surface area contributed by atoms with Crippen molar-refractivity contribution in [3.63, 3.8) is 0 Å². The molecule has 1 aliphatic rings. The molecule has 2 nitrogen and oxygen atoms in total. The highest BCUT2D eigenvalue weighted by molar-refractivity contribution is 5.68. The lowest BCUT2D eigenvalue weighted by Crippen LogP contribution is -2.35. The third-order valence-corrected chi connectivity index (χ3v) is 4.01. The molecule has 0 spiro atoms. The second kappa shape index (κ2) is 4.99. The number of nitrogens with two attached hydrogens (primary N) is 1. The lowest BCUT2D eigenvalue weighted by atomic mass is 9.86. The molecule has 2 N–H and O–H groups in total. The topological polar surface area (TPSA) is 29.3 Å². The Bertz CT molecular complexity index is 377. The maximum atomic E-state index is 6.11. The Labute approximate surface area is 105 Å². The van der Waals surface area contributed by atoms with Gasteiger partial charge in [0.05, 0.1) is 11.4 Å². The van der Waals surface area contributed by atoms with Gasteiger partial charge in [-0.2, -0.15) is 0 Å². The van der Waals surface area contributed by atoms with Gasteiger partial charge in [-0.05, 0) is 49.3 Å². The highest BCUT2D eigenvalue weighted by Gasteiger charge is 2.22. The molecule has 0 atom stereocenters. The molecular weight excluding hydrogens is 208 g/mol. The first kappa shape index (κ1) is 12.3. The Hall–Kier alpha value is -1.18. The third kappa shape index (κ3) is 2.74. The van der Waals surface area contributed by atoms with Crippen molar-refractivity contribution in [2.24, 2.45) is 11.8 Å². The van der Waals surface area contributed by atoms with Crippen molar-refractivity contribution in [3.8, 4) is 0 Å². The third-order valence-electron chi connectivity index (χ3n) is 4.01. The van der Waals surface area contributed by atoms with Gasteiger partial charge in [-0.1, -0.05) is 19.9 Å². The summed E-state index contributed by atoms with van der Waals surface area (Å²) in [6.45, 7) is 9.05. The Morgan fingerprint density at radius 2 is 1.88 bits per heavy atom. The number of hydrogen-bond donors (Lipinski definition) is 1. The molecule has 94 valence electrons. The van der Waals surface area contributed by atoms with E-state index in [-0.39, 0.29) is 0 Å². The molecule has 1 aromatic carbocycles. The van der Waals surface area contributed by atoms with Crippen LogP contribution in [0.1, 0.15) is 32.3 Å². The zero-order valence-electron chi connectivity index (χ0n) is 11.2. The Kier molecular flexibility index (Phi) is 3.60. The molecule has 2 rings (SSSR count). The van der Waals surface area contributed by atoms with Crippen LogP contribution in [0, 0.1) is 18.8 Å². The lowest BCUT2D eigenvalue weighted by Gasteiger charge is -2.36. The summed E-state index contributed by atoms with van der Waals surface area (Å²) < 4.78 is 0. The highest BCUT2D eigenvalue weighted by Crippen LogP contribution is 2.31. The Morgan fingerprint density at radius 1 is 1.24 bits per heavy atom. The number of benzene rings is 1. The summed E-state index contributed by atoms with van der Waals surface area (Å²) in [6.07, 6.45) is 2.59. The van der Waals surface area contributed by atoms with Gasteiger partial charge in [0.25, 0.3) is 0 Å². The van der Waals surface area contributed by atoms with Crippen LogP contribution in [-0.2, 0) is 0 Å². The smallest absolute Gasteiger partial charge is 0.0600 e. The Balaban J connectivity index is 2.05. The molecule has 0 aromatic heterocycles. The van der Waals surface area contributed by atoms with Crippen LogP contribution in [0.4, 0.5) is 11.4 Å². The fourth-order valence-corrected chi connectivity index (χ4v) is 2.77. The molecule has 17 heavy (non-hydrogen) atoms. The predicted octanol–water partition coefficient (Wildman–Crippen LogP) is 3.45. The second-order valence-corrected chi connectivity index (χ2v) is 5.63. The van der Waals surface area contributed by atoms with Gasteiger partial charge in [-0.3, -0.25) is 0 Å². The maximum Gasteiger partial charge on any atom is 0.0600 e. The van der Waals surface area contributed by atoms with Crippen LogP contribution in [0.15, 0.2) is 18.2 Å². The van der Waals surface area contributed by atoms with Crippen LogP contribution in [0.2, 0.25) is 0 Å². The minimum Gasteiger partial charge on any atom is -0.397 e. The van der Waals surface area contributed by atoms with E-state index in [2.05, 4.69) is 43.9 Å². The van der Waals surface area contributed by atoms with Crippen molar-refractivity contribution in [2.45, 2.75) is 33.6 Å². The molecule has 1 saturated heterocycles. The molecule has 0 saturated carbocycles. The van der Waals surface area contributed by atoms with Crippen molar-refractivity contribution >= 4 is 11.4 Å². The summed E-state index contributed by atoms with van der Waals surface area (Å²) in [6, 6.07) is 6.39. The minimum absolute atomic E-state index is 0.813. The Morgan fingerprint density at radius 3 is 2.41 bits per heavy atom. The van der Waals surface area contributed by atoms with Crippen LogP contribution < -0.4 is 10.6 Å². The van der Waals surface area contributed by atoms with Crippen molar-refractivity contribution in [2.75, 3.05) is 23.7 Å². The summed E-state index contributed by atoms with van der Waals surface area (Å²) in [5, 5.41) is 0. The quantitative estimate of drug-likeness (QED) is 0.791. The molecular formula is C15H24N2. The minimum atomic E-state index is 0.813. The van der Waals surface area contributed by atoms with E-state index in [9.17, 15) is 0 Å². The van der Waals surface area contributed by atoms with Gasteiger partial charge in [-0.15, -0.1) is 0 Å². The average molecular weight is 232 g/mol. The predicted molar refractivity (Wildman–Crippen MR) is 75.4 cm³/mol. The first-order valence-corrected chi connectivity index (χ1v) is 6.69. The van der Waals surface area contributed by atoms with E-state index in [1.165, 1.54) is 24.1 Å². The molecule has 0 radical (unpaired) electrons. The van der Waals surface area contributed by atoms with Gasteiger partial charge in [-0.25, -0.2) is 0 Å². The first-order chi connectivity index (χ1) is 8.08. The van der Waals surface area contributed by atoms with E-state index < -0.39 is 0 Å². The molecule has 1 aromatic rings. The van der Waals surface area contributed by atoms with Gasteiger partial charge in [0.1, 0.15) is 0 Å². The molecule has 1 heterocycles. The summed E-state index contributed by atoms with van der Waals surface area (Å²) >= 11 is 0. The van der Waals surface area contributed by atoms with E-state index in [4.69, 9.17) is 5.73 Å². The van der Waals surface area contributed by atoms with Crippen molar-refractivity contribution in [1.29, 1.82) is 0 Å². The highest BCUT2D eigenvalue weighted by atomic mass is 15.1. The number of anilines is 2. The summed E-state index contributed by atoms with van der Waals surface area (Å²) in [5.41, 5.74) is 9.49. The zero-order chi connectivity index (χ0) is 12.4. The normalized spacial score (nSPS) is 17.8. The number of nitrogen functional groups attached to an aromatic ring is 1. The van der Waals surface area contributed by atoms with Crippen molar-refractivity contribution in [1.82, 2.24) is 0 Å². The largest absolute Gasteiger partial charge is 0.397 e. The van der Waals surface area contributed by atoms with Gasteiger partial charge < -0.3 is 10.6 Å². The van der Waals surface area contributed by atoms with Crippen LogP contribution in [0.25, 0.3) is 0 Å². The monoisotopic (exact) mass is 232 g/mol. The fourth-order valence-electron chi connectivity index (χ4n) is 2.77. The molecule has 1 aliphatic heterocycles. The van der Waals surface area contributed by atoms with Gasteiger partial charge >= 0.3 is 0 Å². The van der Waals surface area contributed by atoms with E-state index in [0.29, 0.717) is 0 Å². The van der Waals surface area contributed by atoms with E-state index in [0.717, 1.165) is 30.6 Å². The maximum absolute atomic E-state index is 6.11. The SMILES string of the molecule is Cc1ccc(N2CCC(C(C)C)CC2)c(N)c1. The fraction of sp³-hybridized carbons (Fsp3) is 0.600. The lowest BCUT2D eigenvalue weighted by molar-refractivity contribution is 0.311. The molecule has 0 bridgehead atoms. The van der Waals surface area contributed by atoms with E-state index >= 15 is 0 Å². The summed E-state index contributed by atoms with van der Waals surface area (Å²) in [4.78, 5) is 2.44. The second-order valence-electron chi connectivity index (χ2n) is 5.63. The van der Waals surface area contributed by atoms with Gasteiger partial charge in [0.2, 0.25) is 0 Å². The standard InChI is InChI=1S/C15H24N2/c1-11(2)13-6-8-17(9-7-13)15-5-4-12(3)10-14(15)16/h4-5,10-11,13H,6-9,16H2,1-3H3. The summed E-state index contributed by atoms with van der Waals surface area (Å²) in [5.74, 6) is 1.70. The van der Waals surface area contributed by atoms with Crippen molar-refractivity contribution in [3.05, 3.63) is 23.8 Å². The molecule has 0 aliphatic carbocycles. The van der Waals surface area contributed by atoms with Crippen molar-refractivity contribution < 1.29 is 0 Å². The number of nitrogens with zero attached hydrogens (tertiary/aromatic N) is 1. The number of rotatable bonds is 2. The zero-order valence-corrected chi connectivity index (χ0v) is 11.2. The van der Waals surface area contributed by atoms with Gasteiger partial charge in [0, 0.05) is 13.1 Å². The van der Waals surface area contributed by atoms with Crippen LogP contribution >= 0.6 is 0 Å². The van der Waals surface area contributed by atoms with Crippen LogP contribution in [0.5, 0.6) is 0 Å². The molecule has 0 amide bonds. The summed E-state index contributed by atoms with van der Waals surface area (Å²) in [7, 11) is 0. The molecule has 2 heteroatoms.